The van der Waals surface area contributed by atoms with Crippen LogP contribution in [0.4, 0.5) is 0 Å². The van der Waals surface area contributed by atoms with Crippen molar-refractivity contribution in [3.8, 4) is 5.75 Å². The van der Waals surface area contributed by atoms with Gasteiger partial charge in [-0.1, -0.05) is 6.07 Å². The molecule has 4 nitrogen and oxygen atoms in total. The van der Waals surface area contributed by atoms with Gasteiger partial charge in [-0.3, -0.25) is 4.79 Å². The third-order valence-electron chi connectivity index (χ3n) is 3.05. The molecule has 0 radical (unpaired) electrons. The molecule has 0 spiro atoms. The van der Waals surface area contributed by atoms with Crippen LogP contribution in [0.1, 0.15) is 29.5 Å². The lowest BCUT2D eigenvalue weighted by molar-refractivity contribution is -0.121. The molecule has 1 aromatic carbocycles. The second kappa shape index (κ2) is 9.61. The van der Waals surface area contributed by atoms with Crippen molar-refractivity contribution in [3.63, 3.8) is 0 Å². The Bertz CT molecular complexity index is 436. The minimum absolute atomic E-state index is 0. The average Bonchev–Trinajstić information content (AvgIpc) is 2.35. The molecule has 0 saturated carbocycles. The Morgan fingerprint density at radius 3 is 2.65 bits per heavy atom. The molecule has 1 aromatic rings. The predicted octanol–water partition coefficient (Wildman–Crippen LogP) is 2.27. The number of carbonyl (C=O) groups is 1. The van der Waals surface area contributed by atoms with Crippen molar-refractivity contribution in [2.75, 3.05) is 19.7 Å². The van der Waals surface area contributed by atoms with E-state index in [2.05, 4.69) is 18.3 Å². The minimum Gasteiger partial charge on any atom is -0.493 e. The summed E-state index contributed by atoms with van der Waals surface area (Å²) in [5, 5.41) is 2.81. The first-order chi connectivity index (χ1) is 9.04. The van der Waals surface area contributed by atoms with Crippen molar-refractivity contribution in [2.45, 2.75) is 33.6 Å². The number of rotatable bonds is 7. The van der Waals surface area contributed by atoms with E-state index in [1.165, 1.54) is 11.1 Å². The van der Waals surface area contributed by atoms with Gasteiger partial charge < -0.3 is 15.8 Å². The van der Waals surface area contributed by atoms with E-state index in [-0.39, 0.29) is 18.3 Å². The van der Waals surface area contributed by atoms with Crippen molar-refractivity contribution in [1.29, 1.82) is 0 Å². The molecule has 0 heterocycles. The summed E-state index contributed by atoms with van der Waals surface area (Å²) in [4.78, 5) is 11.5. The Morgan fingerprint density at radius 1 is 1.30 bits per heavy atom. The van der Waals surface area contributed by atoms with Crippen molar-refractivity contribution in [1.82, 2.24) is 5.32 Å². The highest BCUT2D eigenvalue weighted by atomic mass is 35.5. The number of carbonyl (C=O) groups excluding carboxylic acids is 1. The van der Waals surface area contributed by atoms with Crippen LogP contribution in [-0.4, -0.2) is 25.6 Å². The molecule has 0 aliphatic carbocycles. The zero-order valence-corrected chi connectivity index (χ0v) is 13.3. The van der Waals surface area contributed by atoms with Gasteiger partial charge in [0.25, 0.3) is 0 Å². The van der Waals surface area contributed by atoms with Crippen LogP contribution in [0.25, 0.3) is 0 Å². The topological polar surface area (TPSA) is 64.3 Å². The maximum Gasteiger partial charge on any atom is 0.223 e. The van der Waals surface area contributed by atoms with Gasteiger partial charge in [0.15, 0.2) is 0 Å². The van der Waals surface area contributed by atoms with Crippen LogP contribution < -0.4 is 15.8 Å². The fourth-order valence-corrected chi connectivity index (χ4v) is 1.82. The molecule has 0 aliphatic heterocycles. The second-order valence-corrected chi connectivity index (χ2v) is 4.80. The van der Waals surface area contributed by atoms with E-state index < -0.39 is 0 Å². The fourth-order valence-electron chi connectivity index (χ4n) is 1.82. The molecule has 3 N–H and O–H groups in total. The Kier molecular flexibility index (Phi) is 9.01. The van der Waals surface area contributed by atoms with Gasteiger partial charge in [0, 0.05) is 6.54 Å². The molecular formula is C15H25ClN2O2. The van der Waals surface area contributed by atoms with E-state index in [0.29, 0.717) is 26.1 Å². The molecule has 114 valence electrons. The Hall–Kier alpha value is -1.26. The number of ether oxygens (including phenoxy) is 1. The molecule has 0 atom stereocenters. The molecule has 0 aromatic heterocycles. The molecule has 0 saturated heterocycles. The summed E-state index contributed by atoms with van der Waals surface area (Å²) in [6, 6.07) is 4.14. The molecular weight excluding hydrogens is 276 g/mol. The molecule has 0 aliphatic rings. The Labute approximate surface area is 127 Å². The van der Waals surface area contributed by atoms with E-state index >= 15 is 0 Å². The summed E-state index contributed by atoms with van der Waals surface area (Å²) in [5.74, 6) is 0.878. The van der Waals surface area contributed by atoms with Gasteiger partial charge in [-0.15, -0.1) is 12.4 Å². The Balaban J connectivity index is 0.00000361. The Morgan fingerprint density at radius 2 is 2.00 bits per heavy atom. The zero-order chi connectivity index (χ0) is 14.3. The van der Waals surface area contributed by atoms with Crippen LogP contribution >= 0.6 is 12.4 Å². The largest absolute Gasteiger partial charge is 0.493 e. The van der Waals surface area contributed by atoms with E-state index in [0.717, 1.165) is 17.7 Å². The SMILES string of the molecule is Cc1cc(C)c(C)c(OCCC(=O)NCCCN)c1.Cl. The number of nitrogens with one attached hydrogen (secondary N) is 1. The smallest absolute Gasteiger partial charge is 0.223 e. The lowest BCUT2D eigenvalue weighted by Gasteiger charge is -2.12. The molecule has 20 heavy (non-hydrogen) atoms. The van der Waals surface area contributed by atoms with Crippen LogP contribution in [0.5, 0.6) is 5.75 Å². The maximum atomic E-state index is 11.5. The van der Waals surface area contributed by atoms with Crippen LogP contribution in [-0.2, 0) is 4.79 Å². The van der Waals surface area contributed by atoms with Gasteiger partial charge in [-0.25, -0.2) is 0 Å². The fraction of sp³-hybridized carbons (Fsp3) is 0.533. The molecule has 0 fully saturated rings. The molecule has 0 bridgehead atoms. The van der Waals surface area contributed by atoms with Crippen LogP contribution in [0.3, 0.4) is 0 Å². The summed E-state index contributed by atoms with van der Waals surface area (Å²) in [6.07, 6.45) is 1.18. The summed E-state index contributed by atoms with van der Waals surface area (Å²) in [6.45, 7) is 7.77. The zero-order valence-electron chi connectivity index (χ0n) is 12.5. The van der Waals surface area contributed by atoms with Crippen LogP contribution in [0.15, 0.2) is 12.1 Å². The summed E-state index contributed by atoms with van der Waals surface area (Å²) < 4.78 is 5.69. The van der Waals surface area contributed by atoms with Gasteiger partial charge in [-0.05, 0) is 56.5 Å². The molecule has 1 amide bonds. The standard InChI is InChI=1S/C15H24N2O2.ClH/c1-11-9-12(2)13(3)14(10-11)19-8-5-15(18)17-7-4-6-16;/h9-10H,4-8,16H2,1-3H3,(H,17,18);1H. The normalized spacial score (nSPS) is 9.80. The number of aryl methyl sites for hydroxylation is 2. The van der Waals surface area contributed by atoms with E-state index in [1.807, 2.05) is 19.9 Å². The van der Waals surface area contributed by atoms with E-state index in [4.69, 9.17) is 10.5 Å². The third-order valence-corrected chi connectivity index (χ3v) is 3.05. The van der Waals surface area contributed by atoms with E-state index in [1.54, 1.807) is 0 Å². The van der Waals surface area contributed by atoms with Gasteiger partial charge in [-0.2, -0.15) is 0 Å². The maximum absolute atomic E-state index is 11.5. The molecule has 0 unspecified atom stereocenters. The van der Waals surface area contributed by atoms with Gasteiger partial charge in [0.05, 0.1) is 13.0 Å². The highest BCUT2D eigenvalue weighted by Crippen LogP contribution is 2.23. The first-order valence-corrected chi connectivity index (χ1v) is 6.72. The van der Waals surface area contributed by atoms with Crippen molar-refractivity contribution in [3.05, 3.63) is 28.8 Å². The monoisotopic (exact) mass is 300 g/mol. The van der Waals surface area contributed by atoms with Crippen molar-refractivity contribution >= 4 is 18.3 Å². The second-order valence-electron chi connectivity index (χ2n) is 4.80. The van der Waals surface area contributed by atoms with Crippen LogP contribution in [0, 0.1) is 20.8 Å². The first-order valence-electron chi connectivity index (χ1n) is 6.72. The number of hydrogen-bond donors (Lipinski definition) is 2. The van der Waals surface area contributed by atoms with Gasteiger partial charge in [0.1, 0.15) is 5.75 Å². The van der Waals surface area contributed by atoms with Gasteiger partial charge >= 0.3 is 0 Å². The molecule has 1 rings (SSSR count). The number of amides is 1. The summed E-state index contributed by atoms with van der Waals surface area (Å²) >= 11 is 0. The highest BCUT2D eigenvalue weighted by Gasteiger charge is 2.05. The van der Waals surface area contributed by atoms with E-state index in [9.17, 15) is 4.79 Å². The minimum atomic E-state index is 0. The number of halogens is 1. The number of hydrogen-bond acceptors (Lipinski definition) is 3. The van der Waals surface area contributed by atoms with Crippen LogP contribution in [0.2, 0.25) is 0 Å². The highest BCUT2D eigenvalue weighted by molar-refractivity contribution is 5.85. The quantitative estimate of drug-likeness (QED) is 0.759. The third kappa shape index (κ3) is 6.26. The lowest BCUT2D eigenvalue weighted by atomic mass is 10.1. The lowest BCUT2D eigenvalue weighted by Crippen LogP contribution is -2.27. The summed E-state index contributed by atoms with van der Waals surface area (Å²) in [7, 11) is 0. The average molecular weight is 301 g/mol. The van der Waals surface area contributed by atoms with Gasteiger partial charge in [0.2, 0.25) is 5.91 Å². The predicted molar refractivity (Wildman–Crippen MR) is 84.7 cm³/mol. The number of nitrogens with two attached hydrogens (primary N) is 1. The molecule has 5 heteroatoms. The van der Waals surface area contributed by atoms with Crippen molar-refractivity contribution in [2.24, 2.45) is 5.73 Å². The summed E-state index contributed by atoms with van der Waals surface area (Å²) in [5.41, 5.74) is 8.88. The first kappa shape index (κ1) is 18.7. The van der Waals surface area contributed by atoms with Crippen molar-refractivity contribution < 1.29 is 9.53 Å². The number of benzene rings is 1.